The number of carbonyl (C=O) groups is 2. The van der Waals surface area contributed by atoms with E-state index in [9.17, 15) is 18.0 Å². The first kappa shape index (κ1) is 24.0. The predicted octanol–water partition coefficient (Wildman–Crippen LogP) is 1.72. The van der Waals surface area contributed by atoms with Gasteiger partial charge in [0.15, 0.2) is 0 Å². The van der Waals surface area contributed by atoms with Gasteiger partial charge in [-0.05, 0) is 63.6 Å². The van der Waals surface area contributed by atoms with Crippen molar-refractivity contribution in [2.24, 2.45) is 0 Å². The van der Waals surface area contributed by atoms with E-state index in [0.717, 1.165) is 44.3 Å². The maximum atomic E-state index is 13.4. The molecule has 33 heavy (non-hydrogen) atoms. The number of sulfonamides is 1. The minimum Gasteiger partial charge on any atom is -0.382 e. The van der Waals surface area contributed by atoms with Gasteiger partial charge in [-0.3, -0.25) is 14.5 Å². The van der Waals surface area contributed by atoms with Crippen LogP contribution >= 0.6 is 0 Å². The Balaban J connectivity index is 1.60. The maximum Gasteiger partial charge on any atom is 0.250 e. The van der Waals surface area contributed by atoms with E-state index in [-0.39, 0.29) is 29.3 Å². The number of hydrogen-bond donors (Lipinski definition) is 1. The normalized spacial score (nSPS) is 21.1. The second-order valence-corrected chi connectivity index (χ2v) is 10.7. The number of nitrogens with zero attached hydrogens (tertiary/aromatic N) is 3. The standard InChI is InChI=1S/C23H34N4O5S/c1-2-32-15-7-11-24-22(28)17-27-21-16-18(33(30,31)25-12-5-6-13-25)9-10-19(21)26-14-4-3-8-20(26)23(27)29/h9-10,16,20H,2-8,11-15,17H2,1H3,(H,24,28)/t20-/m1/s1. The van der Waals surface area contributed by atoms with Gasteiger partial charge in [-0.25, -0.2) is 8.42 Å². The lowest BCUT2D eigenvalue weighted by Gasteiger charge is -2.45. The van der Waals surface area contributed by atoms with Crippen LogP contribution in [0.5, 0.6) is 0 Å². The molecule has 3 aliphatic heterocycles. The molecule has 0 radical (unpaired) electrons. The molecule has 1 atom stereocenters. The second kappa shape index (κ2) is 10.4. The number of carbonyl (C=O) groups excluding carboxylic acids is 2. The number of ether oxygens (including phenoxy) is 1. The number of fused-ring (bicyclic) bond motifs is 3. The highest BCUT2D eigenvalue weighted by molar-refractivity contribution is 7.89. The summed E-state index contributed by atoms with van der Waals surface area (Å²) in [5, 5.41) is 2.85. The fourth-order valence-corrected chi connectivity index (χ4v) is 6.42. The van der Waals surface area contributed by atoms with Crippen LogP contribution in [0.1, 0.15) is 45.4 Å². The van der Waals surface area contributed by atoms with Crippen molar-refractivity contribution in [3.05, 3.63) is 18.2 Å². The fourth-order valence-electron chi connectivity index (χ4n) is 4.88. The van der Waals surface area contributed by atoms with Crippen molar-refractivity contribution in [1.29, 1.82) is 0 Å². The number of amides is 2. The third-order valence-electron chi connectivity index (χ3n) is 6.60. The zero-order valence-electron chi connectivity index (χ0n) is 19.3. The molecule has 1 aromatic rings. The van der Waals surface area contributed by atoms with E-state index >= 15 is 0 Å². The number of rotatable bonds is 9. The summed E-state index contributed by atoms with van der Waals surface area (Å²) in [5.41, 5.74) is 1.33. The van der Waals surface area contributed by atoms with E-state index in [1.165, 1.54) is 9.21 Å². The van der Waals surface area contributed by atoms with Crippen LogP contribution in [0.25, 0.3) is 0 Å². The van der Waals surface area contributed by atoms with Crippen molar-refractivity contribution >= 4 is 33.2 Å². The van der Waals surface area contributed by atoms with Gasteiger partial charge in [0.05, 0.1) is 16.3 Å². The van der Waals surface area contributed by atoms with Gasteiger partial charge in [0.2, 0.25) is 21.8 Å². The molecule has 0 bridgehead atoms. The molecule has 3 heterocycles. The van der Waals surface area contributed by atoms with Gasteiger partial charge in [-0.1, -0.05) is 0 Å². The van der Waals surface area contributed by atoms with E-state index in [1.807, 2.05) is 6.92 Å². The van der Waals surface area contributed by atoms with E-state index in [2.05, 4.69) is 10.2 Å². The smallest absolute Gasteiger partial charge is 0.250 e. The Kier molecular flexibility index (Phi) is 7.55. The largest absolute Gasteiger partial charge is 0.382 e. The zero-order valence-corrected chi connectivity index (χ0v) is 20.1. The van der Waals surface area contributed by atoms with Crippen LogP contribution in [0.2, 0.25) is 0 Å². The summed E-state index contributed by atoms with van der Waals surface area (Å²) in [7, 11) is -3.63. The number of nitrogens with one attached hydrogen (secondary N) is 1. The van der Waals surface area contributed by atoms with Gasteiger partial charge >= 0.3 is 0 Å². The Morgan fingerprint density at radius 1 is 1.12 bits per heavy atom. The first-order chi connectivity index (χ1) is 15.9. The highest BCUT2D eigenvalue weighted by atomic mass is 32.2. The molecule has 2 saturated heterocycles. The van der Waals surface area contributed by atoms with Crippen LogP contribution in [0, 0.1) is 0 Å². The van der Waals surface area contributed by atoms with Gasteiger partial charge < -0.3 is 15.0 Å². The summed E-state index contributed by atoms with van der Waals surface area (Å²) in [6.45, 7) is 5.24. The molecular weight excluding hydrogens is 444 g/mol. The molecule has 0 unspecified atom stereocenters. The van der Waals surface area contributed by atoms with E-state index in [4.69, 9.17) is 4.74 Å². The molecule has 10 heteroatoms. The first-order valence-corrected chi connectivity index (χ1v) is 13.4. The summed E-state index contributed by atoms with van der Waals surface area (Å²) in [6.07, 6.45) is 5.08. The van der Waals surface area contributed by atoms with Crippen LogP contribution in [0.3, 0.4) is 0 Å². The first-order valence-electron chi connectivity index (χ1n) is 12.0. The Hall–Kier alpha value is -2.17. The molecule has 3 aliphatic rings. The lowest BCUT2D eigenvalue weighted by atomic mass is 9.96. The molecule has 1 N–H and O–H groups in total. The van der Waals surface area contributed by atoms with E-state index in [1.54, 1.807) is 18.2 Å². The van der Waals surface area contributed by atoms with Crippen molar-refractivity contribution in [2.45, 2.75) is 56.4 Å². The lowest BCUT2D eigenvalue weighted by Crippen LogP contribution is -2.57. The van der Waals surface area contributed by atoms with Crippen LogP contribution in [0.4, 0.5) is 11.4 Å². The van der Waals surface area contributed by atoms with Crippen molar-refractivity contribution in [3.8, 4) is 0 Å². The molecular formula is C23H34N4O5S. The minimum absolute atomic E-state index is 0.127. The summed E-state index contributed by atoms with van der Waals surface area (Å²) in [5.74, 6) is -0.398. The lowest BCUT2D eigenvalue weighted by molar-refractivity contribution is -0.125. The topological polar surface area (TPSA) is 99.3 Å². The van der Waals surface area contributed by atoms with Gasteiger partial charge in [0.25, 0.3) is 0 Å². The SMILES string of the molecule is CCOCCCNC(=O)CN1C(=O)[C@H]2CCCCN2c2ccc(S(=O)(=O)N3CCCC3)cc21. The molecule has 0 aliphatic carbocycles. The average Bonchev–Trinajstić information content (AvgIpc) is 3.37. The van der Waals surface area contributed by atoms with Crippen molar-refractivity contribution in [3.63, 3.8) is 0 Å². The van der Waals surface area contributed by atoms with Crippen LogP contribution in [-0.4, -0.2) is 76.5 Å². The Morgan fingerprint density at radius 2 is 1.88 bits per heavy atom. The van der Waals surface area contributed by atoms with E-state index < -0.39 is 10.0 Å². The van der Waals surface area contributed by atoms with Gasteiger partial charge in [-0.2, -0.15) is 4.31 Å². The second-order valence-electron chi connectivity index (χ2n) is 8.79. The third kappa shape index (κ3) is 5.02. The monoisotopic (exact) mass is 478 g/mol. The summed E-state index contributed by atoms with van der Waals surface area (Å²) in [4.78, 5) is 29.8. The van der Waals surface area contributed by atoms with Crippen molar-refractivity contribution in [1.82, 2.24) is 9.62 Å². The Morgan fingerprint density at radius 3 is 2.64 bits per heavy atom. The number of benzene rings is 1. The van der Waals surface area contributed by atoms with Crippen LogP contribution < -0.4 is 15.1 Å². The number of piperidine rings is 1. The van der Waals surface area contributed by atoms with Crippen LogP contribution in [-0.2, 0) is 24.3 Å². The van der Waals surface area contributed by atoms with Gasteiger partial charge in [-0.15, -0.1) is 0 Å². The highest BCUT2D eigenvalue weighted by Gasteiger charge is 2.41. The van der Waals surface area contributed by atoms with Crippen LogP contribution in [0.15, 0.2) is 23.1 Å². The Labute approximate surface area is 196 Å². The quantitative estimate of drug-likeness (QED) is 0.543. The molecule has 182 valence electrons. The molecule has 1 aromatic carbocycles. The molecule has 0 spiro atoms. The summed E-state index contributed by atoms with van der Waals surface area (Å²) < 4.78 is 33.1. The third-order valence-corrected chi connectivity index (χ3v) is 8.49. The molecule has 0 saturated carbocycles. The molecule has 2 fully saturated rings. The molecule has 9 nitrogen and oxygen atoms in total. The number of anilines is 2. The van der Waals surface area contributed by atoms with Crippen molar-refractivity contribution in [2.75, 3.05) is 55.7 Å². The summed E-state index contributed by atoms with van der Waals surface area (Å²) >= 11 is 0. The van der Waals surface area contributed by atoms with Gasteiger partial charge in [0, 0.05) is 39.4 Å². The average molecular weight is 479 g/mol. The Bertz CT molecular complexity index is 977. The maximum absolute atomic E-state index is 13.4. The molecule has 2 amide bonds. The molecule has 4 rings (SSSR count). The zero-order chi connectivity index (χ0) is 23.4. The number of hydrogen-bond acceptors (Lipinski definition) is 6. The summed E-state index contributed by atoms with van der Waals surface area (Å²) in [6, 6.07) is 4.71. The van der Waals surface area contributed by atoms with E-state index in [0.29, 0.717) is 45.0 Å². The van der Waals surface area contributed by atoms with Gasteiger partial charge in [0.1, 0.15) is 12.6 Å². The predicted molar refractivity (Wildman–Crippen MR) is 126 cm³/mol. The highest BCUT2D eigenvalue weighted by Crippen LogP contribution is 2.41. The minimum atomic E-state index is -3.63. The fraction of sp³-hybridized carbons (Fsp3) is 0.652. The molecule has 0 aromatic heterocycles. The van der Waals surface area contributed by atoms with Crippen molar-refractivity contribution < 1.29 is 22.7 Å².